The summed E-state index contributed by atoms with van der Waals surface area (Å²) < 4.78 is 12.1. The van der Waals surface area contributed by atoms with Gasteiger partial charge >= 0.3 is 0 Å². The van der Waals surface area contributed by atoms with Gasteiger partial charge < -0.3 is 9.47 Å². The van der Waals surface area contributed by atoms with Crippen LogP contribution in [0.2, 0.25) is 0 Å². The van der Waals surface area contributed by atoms with E-state index in [1.807, 2.05) is 0 Å². The molecule has 2 aromatic carbocycles. The van der Waals surface area contributed by atoms with Crippen molar-refractivity contribution in [1.82, 2.24) is 4.90 Å². The lowest BCUT2D eigenvalue weighted by atomic mass is 10.2. The van der Waals surface area contributed by atoms with Crippen LogP contribution in [-0.2, 0) is 16.1 Å². The molecule has 0 atom stereocenters. The van der Waals surface area contributed by atoms with Crippen molar-refractivity contribution in [3.05, 3.63) is 71.5 Å². The number of benzene rings is 2. The molecule has 0 unspecified atom stereocenters. The predicted molar refractivity (Wildman–Crippen MR) is 128 cm³/mol. The molecular formula is C21H18Br2N2O6S. The number of rotatable bonds is 9. The summed E-state index contributed by atoms with van der Waals surface area (Å²) in [4.78, 5) is 36.6. The van der Waals surface area contributed by atoms with Crippen molar-refractivity contribution in [1.29, 1.82) is 0 Å². The monoisotopic (exact) mass is 584 g/mol. The van der Waals surface area contributed by atoms with Gasteiger partial charge in [-0.05, 0) is 91.5 Å². The van der Waals surface area contributed by atoms with Crippen molar-refractivity contribution in [2.24, 2.45) is 0 Å². The Labute approximate surface area is 205 Å². The molecule has 0 saturated carbocycles. The molecule has 1 aliphatic rings. The Balaban J connectivity index is 1.70. The zero-order valence-corrected chi connectivity index (χ0v) is 20.9. The highest BCUT2D eigenvalue weighted by Gasteiger charge is 2.34. The molecule has 0 N–H and O–H groups in total. The molecule has 1 heterocycles. The highest BCUT2D eigenvalue weighted by atomic mass is 79.9. The van der Waals surface area contributed by atoms with Crippen LogP contribution in [0.15, 0.2) is 50.2 Å². The van der Waals surface area contributed by atoms with Gasteiger partial charge in [0.25, 0.3) is 16.8 Å². The lowest BCUT2D eigenvalue weighted by Crippen LogP contribution is -2.29. The summed E-state index contributed by atoms with van der Waals surface area (Å²) in [6.07, 6.45) is 2.25. The summed E-state index contributed by atoms with van der Waals surface area (Å²) in [5.41, 5.74) is 1.51. The molecular weight excluding hydrogens is 568 g/mol. The van der Waals surface area contributed by atoms with E-state index in [1.54, 1.807) is 37.5 Å². The zero-order valence-electron chi connectivity index (χ0n) is 16.9. The second-order valence-corrected chi connectivity index (χ2v) is 9.41. The second kappa shape index (κ2) is 11.1. The van der Waals surface area contributed by atoms with E-state index in [0.29, 0.717) is 44.7 Å². The highest BCUT2D eigenvalue weighted by Crippen LogP contribution is 2.38. The average Bonchev–Trinajstić information content (AvgIpc) is 3.01. The molecule has 3 rings (SSSR count). The normalized spacial score (nSPS) is 15.0. The van der Waals surface area contributed by atoms with Crippen molar-refractivity contribution in [3.8, 4) is 5.75 Å². The van der Waals surface area contributed by atoms with Crippen LogP contribution in [0.1, 0.15) is 17.5 Å². The van der Waals surface area contributed by atoms with E-state index in [0.717, 1.165) is 17.3 Å². The van der Waals surface area contributed by atoms with Gasteiger partial charge in [-0.3, -0.25) is 24.6 Å². The smallest absolute Gasteiger partial charge is 0.293 e. The Morgan fingerprint density at radius 3 is 2.41 bits per heavy atom. The van der Waals surface area contributed by atoms with Crippen LogP contribution in [0.3, 0.4) is 0 Å². The minimum atomic E-state index is -0.454. The highest BCUT2D eigenvalue weighted by molar-refractivity contribution is 9.11. The molecule has 32 heavy (non-hydrogen) atoms. The number of hydrogen-bond donors (Lipinski definition) is 0. The predicted octanol–water partition coefficient (Wildman–Crippen LogP) is 5.77. The molecule has 1 saturated heterocycles. The zero-order chi connectivity index (χ0) is 23.3. The molecule has 2 amide bonds. The summed E-state index contributed by atoms with van der Waals surface area (Å²) in [5.74, 6) is 0.231. The van der Waals surface area contributed by atoms with E-state index in [9.17, 15) is 19.7 Å². The van der Waals surface area contributed by atoms with Gasteiger partial charge in [0.2, 0.25) is 0 Å². The van der Waals surface area contributed by atoms with Crippen LogP contribution in [0.5, 0.6) is 5.75 Å². The summed E-state index contributed by atoms with van der Waals surface area (Å²) in [6, 6.07) is 9.69. The fourth-order valence-electron chi connectivity index (χ4n) is 2.88. The molecule has 2 aromatic rings. The van der Waals surface area contributed by atoms with Crippen molar-refractivity contribution in [3.63, 3.8) is 0 Å². The quantitative estimate of drug-likeness (QED) is 0.159. The Kier molecular flexibility index (Phi) is 8.46. The maximum absolute atomic E-state index is 12.6. The Bertz CT molecular complexity index is 1050. The van der Waals surface area contributed by atoms with Crippen LogP contribution < -0.4 is 4.74 Å². The van der Waals surface area contributed by atoms with E-state index in [-0.39, 0.29) is 23.4 Å². The minimum absolute atomic E-state index is 0.0172. The average molecular weight is 586 g/mol. The van der Waals surface area contributed by atoms with Gasteiger partial charge in [-0.2, -0.15) is 0 Å². The maximum atomic E-state index is 12.6. The molecule has 8 nitrogen and oxygen atoms in total. The van der Waals surface area contributed by atoms with Gasteiger partial charge in [-0.25, -0.2) is 0 Å². The molecule has 1 fully saturated rings. The molecule has 11 heteroatoms. The van der Waals surface area contributed by atoms with Crippen LogP contribution in [0.4, 0.5) is 10.5 Å². The van der Waals surface area contributed by atoms with Gasteiger partial charge in [0.1, 0.15) is 12.4 Å². The first-order valence-electron chi connectivity index (χ1n) is 9.39. The number of amides is 2. The van der Waals surface area contributed by atoms with E-state index < -0.39 is 4.92 Å². The fourth-order valence-corrected chi connectivity index (χ4v) is 5.20. The SMILES string of the molecule is COCCCN1C(=O)S/C(=C/c2cc(Br)c(OCc3ccc([N+](=O)[O-])cc3)c(Br)c2)C1=O. The number of thioether (sulfide) groups is 1. The number of ether oxygens (including phenoxy) is 2. The largest absolute Gasteiger partial charge is 0.487 e. The van der Waals surface area contributed by atoms with Crippen molar-refractivity contribution in [2.75, 3.05) is 20.3 Å². The van der Waals surface area contributed by atoms with Crippen LogP contribution >= 0.6 is 43.6 Å². The van der Waals surface area contributed by atoms with Crippen molar-refractivity contribution >= 4 is 66.5 Å². The first-order chi connectivity index (χ1) is 15.3. The summed E-state index contributed by atoms with van der Waals surface area (Å²) in [6.45, 7) is 1.01. The van der Waals surface area contributed by atoms with Gasteiger partial charge in [0.15, 0.2) is 0 Å². The number of nitro benzene ring substituents is 1. The van der Waals surface area contributed by atoms with Gasteiger partial charge in [-0.15, -0.1) is 0 Å². The number of nitro groups is 1. The topological polar surface area (TPSA) is 99.0 Å². The lowest BCUT2D eigenvalue weighted by Gasteiger charge is -2.12. The number of nitrogens with zero attached hydrogens (tertiary/aromatic N) is 2. The summed E-state index contributed by atoms with van der Waals surface area (Å²) >= 11 is 7.86. The first kappa shape index (κ1) is 24.4. The number of carbonyl (C=O) groups excluding carboxylic acids is 2. The maximum Gasteiger partial charge on any atom is 0.293 e. The Hall–Kier alpha value is -2.21. The molecule has 0 spiro atoms. The van der Waals surface area contributed by atoms with Gasteiger partial charge in [0.05, 0.1) is 18.8 Å². The number of methoxy groups -OCH3 is 1. The van der Waals surface area contributed by atoms with Crippen molar-refractivity contribution < 1.29 is 24.0 Å². The molecule has 0 bridgehead atoms. The van der Waals surface area contributed by atoms with Crippen LogP contribution in [0.25, 0.3) is 6.08 Å². The third kappa shape index (κ3) is 5.97. The summed E-state index contributed by atoms with van der Waals surface area (Å²) in [5, 5.41) is 10.5. The minimum Gasteiger partial charge on any atom is -0.487 e. The van der Waals surface area contributed by atoms with Gasteiger partial charge in [0, 0.05) is 32.4 Å². The standard InChI is InChI=1S/C21H18Br2N2O6S/c1-30-8-2-7-24-20(26)18(32-21(24)27)11-14-9-16(22)19(17(23)10-14)31-12-13-3-5-15(6-4-13)25(28)29/h3-6,9-11H,2,7-8,12H2,1H3/b18-11+. The molecule has 0 aromatic heterocycles. The van der Waals surface area contributed by atoms with Crippen LogP contribution in [0, 0.1) is 10.1 Å². The summed E-state index contributed by atoms with van der Waals surface area (Å²) in [7, 11) is 1.57. The number of hydrogen-bond acceptors (Lipinski definition) is 7. The number of non-ortho nitro benzene ring substituents is 1. The lowest BCUT2D eigenvalue weighted by molar-refractivity contribution is -0.384. The second-order valence-electron chi connectivity index (χ2n) is 6.71. The van der Waals surface area contributed by atoms with E-state index in [2.05, 4.69) is 31.9 Å². The number of halogens is 2. The van der Waals surface area contributed by atoms with Gasteiger partial charge in [-0.1, -0.05) is 0 Å². The molecule has 168 valence electrons. The molecule has 0 aliphatic carbocycles. The van der Waals surface area contributed by atoms with Crippen molar-refractivity contribution in [2.45, 2.75) is 13.0 Å². The molecule has 1 aliphatic heterocycles. The Morgan fingerprint density at radius 1 is 1.16 bits per heavy atom. The number of carbonyl (C=O) groups is 2. The number of imide groups is 1. The Morgan fingerprint density at radius 2 is 1.81 bits per heavy atom. The van der Waals surface area contributed by atoms with Crippen LogP contribution in [-0.4, -0.2) is 41.2 Å². The third-order valence-electron chi connectivity index (χ3n) is 4.45. The van der Waals surface area contributed by atoms with E-state index >= 15 is 0 Å². The first-order valence-corrected chi connectivity index (χ1v) is 11.8. The van der Waals surface area contributed by atoms with E-state index in [4.69, 9.17) is 9.47 Å². The molecule has 0 radical (unpaired) electrons. The van der Waals surface area contributed by atoms with E-state index in [1.165, 1.54) is 17.0 Å². The fraction of sp³-hybridized carbons (Fsp3) is 0.238. The third-order valence-corrected chi connectivity index (χ3v) is 6.54.